The molecule has 0 N–H and O–H groups in total. The van der Waals surface area contributed by atoms with Crippen molar-refractivity contribution in [3.8, 4) is 0 Å². The molecular weight excluding hydrogens is 284 g/mol. The monoisotopic (exact) mass is 309 g/mol. The van der Waals surface area contributed by atoms with Crippen molar-refractivity contribution in [2.24, 2.45) is 0 Å². The van der Waals surface area contributed by atoms with Crippen LogP contribution in [0.5, 0.6) is 0 Å². The molecular formula is C19H25N4+. The van der Waals surface area contributed by atoms with E-state index >= 15 is 0 Å². The lowest BCUT2D eigenvalue weighted by molar-refractivity contribution is -0.424. The summed E-state index contributed by atoms with van der Waals surface area (Å²) in [6, 6.07) is 17.4. The molecule has 0 unspecified atom stereocenters. The molecule has 3 rings (SSSR count). The third-order valence-corrected chi connectivity index (χ3v) is 4.26. The van der Waals surface area contributed by atoms with Crippen molar-refractivity contribution in [3.05, 3.63) is 48.5 Å². The number of hydrogen-bond acceptors (Lipinski definition) is 3. The maximum atomic E-state index is 2.30. The molecule has 0 fully saturated rings. The van der Waals surface area contributed by atoms with Gasteiger partial charge in [0.15, 0.2) is 0 Å². The summed E-state index contributed by atoms with van der Waals surface area (Å²) in [4.78, 5) is 6.55. The second-order valence-electron chi connectivity index (χ2n) is 6.32. The largest absolute Gasteiger partial charge is 0.378 e. The summed E-state index contributed by atoms with van der Waals surface area (Å²) < 4.78 is 2.30. The van der Waals surface area contributed by atoms with Crippen LogP contribution in [0, 0.1) is 0 Å². The molecule has 0 aromatic heterocycles. The maximum Gasteiger partial charge on any atom is 0.244 e. The minimum Gasteiger partial charge on any atom is -0.378 e. The number of nitrogens with zero attached hydrogens (tertiary/aromatic N) is 4. The van der Waals surface area contributed by atoms with E-state index in [1.807, 2.05) is 0 Å². The molecule has 0 saturated carbocycles. The van der Waals surface area contributed by atoms with E-state index in [-0.39, 0.29) is 0 Å². The van der Waals surface area contributed by atoms with E-state index in [2.05, 4.69) is 102 Å². The Morgan fingerprint density at radius 3 is 1.83 bits per heavy atom. The fraction of sp³-hybridized carbons (Fsp3) is 0.316. The van der Waals surface area contributed by atoms with Gasteiger partial charge in [0.25, 0.3) is 0 Å². The van der Waals surface area contributed by atoms with Crippen LogP contribution in [0.3, 0.4) is 0 Å². The van der Waals surface area contributed by atoms with Crippen LogP contribution in [0.2, 0.25) is 0 Å². The van der Waals surface area contributed by atoms with Gasteiger partial charge in [-0.15, -0.1) is 0 Å². The molecule has 0 amide bonds. The van der Waals surface area contributed by atoms with Gasteiger partial charge in [0.2, 0.25) is 6.34 Å². The number of anilines is 3. The summed E-state index contributed by atoms with van der Waals surface area (Å²) in [5.41, 5.74) is 4.93. The van der Waals surface area contributed by atoms with Crippen LogP contribution in [-0.4, -0.2) is 52.2 Å². The predicted molar refractivity (Wildman–Crippen MR) is 99.7 cm³/mol. The summed E-state index contributed by atoms with van der Waals surface area (Å²) in [5.74, 6) is 0. The molecule has 0 spiro atoms. The van der Waals surface area contributed by atoms with Gasteiger partial charge in [-0.3, -0.25) is 0 Å². The molecule has 0 radical (unpaired) electrons. The molecule has 1 heterocycles. The molecule has 120 valence electrons. The molecule has 0 aliphatic carbocycles. The van der Waals surface area contributed by atoms with Gasteiger partial charge in [0.05, 0.1) is 0 Å². The summed E-state index contributed by atoms with van der Waals surface area (Å²) in [6.07, 6.45) is 2.20. The average Bonchev–Trinajstić information content (AvgIpc) is 3.05. The van der Waals surface area contributed by atoms with Gasteiger partial charge in [-0.2, -0.15) is 0 Å². The lowest BCUT2D eigenvalue weighted by atomic mass is 10.2. The quantitative estimate of drug-likeness (QED) is 0.806. The predicted octanol–water partition coefficient (Wildman–Crippen LogP) is 3.01. The second-order valence-corrected chi connectivity index (χ2v) is 6.32. The Kier molecular flexibility index (Phi) is 4.24. The Labute approximate surface area is 138 Å². The Bertz CT molecular complexity index is 684. The smallest absolute Gasteiger partial charge is 0.244 e. The van der Waals surface area contributed by atoms with E-state index < -0.39 is 0 Å². The Morgan fingerprint density at radius 2 is 1.30 bits per heavy atom. The van der Waals surface area contributed by atoms with E-state index in [4.69, 9.17) is 0 Å². The minimum atomic E-state index is 1.01. The molecule has 0 bridgehead atoms. The zero-order chi connectivity index (χ0) is 16.4. The zero-order valence-corrected chi connectivity index (χ0v) is 14.4. The Hall–Kier alpha value is -2.49. The molecule has 1 aliphatic rings. The first-order chi connectivity index (χ1) is 11.0. The van der Waals surface area contributed by atoms with Crippen molar-refractivity contribution in [3.63, 3.8) is 0 Å². The number of benzene rings is 2. The lowest BCUT2D eigenvalue weighted by Gasteiger charge is -2.13. The Morgan fingerprint density at radius 1 is 0.783 bits per heavy atom. The number of hydrogen-bond donors (Lipinski definition) is 0. The van der Waals surface area contributed by atoms with Crippen molar-refractivity contribution >= 4 is 29.1 Å². The lowest BCUT2D eigenvalue weighted by Crippen LogP contribution is -2.18. The van der Waals surface area contributed by atoms with E-state index in [0.717, 1.165) is 13.1 Å². The highest BCUT2D eigenvalue weighted by molar-refractivity contribution is 5.78. The van der Waals surface area contributed by atoms with Crippen molar-refractivity contribution in [1.29, 1.82) is 0 Å². The van der Waals surface area contributed by atoms with Gasteiger partial charge < -0.3 is 9.80 Å². The highest BCUT2D eigenvalue weighted by Gasteiger charge is 2.22. The van der Waals surface area contributed by atoms with Crippen LogP contribution >= 0.6 is 0 Å². The van der Waals surface area contributed by atoms with Crippen LogP contribution in [0.4, 0.5) is 22.7 Å². The van der Waals surface area contributed by atoms with Crippen molar-refractivity contribution < 1.29 is 4.58 Å². The second kappa shape index (κ2) is 6.32. The molecule has 4 heteroatoms. The third kappa shape index (κ3) is 3.31. The van der Waals surface area contributed by atoms with Crippen molar-refractivity contribution in [2.75, 3.05) is 56.0 Å². The molecule has 2 aromatic carbocycles. The third-order valence-electron chi connectivity index (χ3n) is 4.26. The van der Waals surface area contributed by atoms with Crippen LogP contribution in [0.25, 0.3) is 0 Å². The highest BCUT2D eigenvalue weighted by atomic mass is 15.3. The highest BCUT2D eigenvalue weighted by Crippen LogP contribution is 2.23. The summed E-state index contributed by atoms with van der Waals surface area (Å²) in [7, 11) is 8.26. The van der Waals surface area contributed by atoms with Gasteiger partial charge in [0, 0.05) is 39.6 Å². The van der Waals surface area contributed by atoms with E-state index in [1.165, 1.54) is 22.7 Å². The van der Waals surface area contributed by atoms with Gasteiger partial charge in [-0.25, -0.2) is 9.48 Å². The van der Waals surface area contributed by atoms with E-state index in [0.29, 0.717) is 0 Å². The first-order valence-electron chi connectivity index (χ1n) is 7.97. The molecule has 2 aromatic rings. The fourth-order valence-corrected chi connectivity index (χ4v) is 2.78. The van der Waals surface area contributed by atoms with E-state index in [9.17, 15) is 0 Å². The normalized spacial score (nSPS) is 13.9. The topological polar surface area (TPSA) is 12.7 Å². The van der Waals surface area contributed by atoms with Crippen molar-refractivity contribution in [2.45, 2.75) is 0 Å². The summed E-state index contributed by atoms with van der Waals surface area (Å²) in [6.45, 7) is 2.02. The molecule has 1 aliphatic heterocycles. The van der Waals surface area contributed by atoms with E-state index in [1.54, 1.807) is 0 Å². The molecule has 0 saturated heterocycles. The zero-order valence-electron chi connectivity index (χ0n) is 14.4. The average molecular weight is 309 g/mol. The molecule has 4 nitrogen and oxygen atoms in total. The van der Waals surface area contributed by atoms with Gasteiger partial charge in [-0.05, 0) is 48.5 Å². The Balaban J connectivity index is 1.77. The standard InChI is InChI=1S/C19H25N4/c1-20(2)16-5-9-18(10-6-16)22-13-14-23(15-22)19-11-7-17(8-12-19)21(3)4/h5-12,15H,13-14H2,1-4H3/q+1. The first kappa shape index (κ1) is 15.4. The van der Waals surface area contributed by atoms with Gasteiger partial charge >= 0.3 is 0 Å². The molecule has 23 heavy (non-hydrogen) atoms. The first-order valence-corrected chi connectivity index (χ1v) is 7.97. The van der Waals surface area contributed by atoms with Crippen molar-refractivity contribution in [1.82, 2.24) is 0 Å². The van der Waals surface area contributed by atoms with Crippen LogP contribution < -0.4 is 14.7 Å². The SMILES string of the molecule is CN(C)c1ccc(N2C=[N+](c3ccc(N(C)C)cc3)CC2)cc1. The minimum absolute atomic E-state index is 1.01. The maximum absolute atomic E-state index is 2.30. The fourth-order valence-electron chi connectivity index (χ4n) is 2.78. The summed E-state index contributed by atoms with van der Waals surface area (Å²) in [5, 5.41) is 0. The summed E-state index contributed by atoms with van der Waals surface area (Å²) >= 11 is 0. The van der Waals surface area contributed by atoms with Crippen LogP contribution in [0.15, 0.2) is 48.5 Å². The van der Waals surface area contributed by atoms with Gasteiger partial charge in [0.1, 0.15) is 24.5 Å². The van der Waals surface area contributed by atoms with Crippen LogP contribution in [0.1, 0.15) is 0 Å². The number of rotatable bonds is 4. The van der Waals surface area contributed by atoms with Gasteiger partial charge in [-0.1, -0.05) is 0 Å². The van der Waals surface area contributed by atoms with Crippen LogP contribution in [-0.2, 0) is 0 Å². The molecule has 0 atom stereocenters.